The third-order valence-corrected chi connectivity index (χ3v) is 4.78. The van der Waals surface area contributed by atoms with Crippen molar-refractivity contribution in [1.82, 2.24) is 5.32 Å². The average Bonchev–Trinajstić information content (AvgIpc) is 2.93. The van der Waals surface area contributed by atoms with Gasteiger partial charge < -0.3 is 14.8 Å². The van der Waals surface area contributed by atoms with Gasteiger partial charge in [-0.05, 0) is 42.8 Å². The minimum absolute atomic E-state index is 0.228. The van der Waals surface area contributed by atoms with Crippen molar-refractivity contribution >= 4 is 46.3 Å². The fourth-order valence-electron chi connectivity index (χ4n) is 2.28. The molecular formula is C19H15NO4S2. The van der Waals surface area contributed by atoms with Crippen LogP contribution in [0.3, 0.4) is 0 Å². The van der Waals surface area contributed by atoms with E-state index in [9.17, 15) is 9.59 Å². The highest BCUT2D eigenvalue weighted by atomic mass is 32.2. The highest BCUT2D eigenvalue weighted by molar-refractivity contribution is 8.26. The van der Waals surface area contributed by atoms with Gasteiger partial charge in [0.15, 0.2) is 11.5 Å². The Morgan fingerprint density at radius 3 is 2.50 bits per heavy atom. The van der Waals surface area contributed by atoms with Crippen molar-refractivity contribution < 1.29 is 19.1 Å². The summed E-state index contributed by atoms with van der Waals surface area (Å²) in [6.07, 6.45) is 1.70. The standard InChI is InChI=1S/C19H15NO4S2/c1-11-3-6-13(7-4-11)18(22)24-14-8-5-12(9-15(14)23-2)10-16-17(21)20-19(25)26-16/h3-10H,1-2H3,(H,20,21,25)/b16-10-. The number of methoxy groups -OCH3 is 1. The van der Waals surface area contributed by atoms with E-state index in [4.69, 9.17) is 21.7 Å². The molecule has 2 aromatic rings. The van der Waals surface area contributed by atoms with E-state index >= 15 is 0 Å². The van der Waals surface area contributed by atoms with Gasteiger partial charge in [0.05, 0.1) is 17.6 Å². The van der Waals surface area contributed by atoms with Crippen LogP contribution in [-0.2, 0) is 4.79 Å². The van der Waals surface area contributed by atoms with E-state index in [2.05, 4.69) is 5.32 Å². The van der Waals surface area contributed by atoms with Gasteiger partial charge >= 0.3 is 5.97 Å². The van der Waals surface area contributed by atoms with Crippen LogP contribution >= 0.6 is 24.0 Å². The van der Waals surface area contributed by atoms with E-state index in [1.54, 1.807) is 36.4 Å². The topological polar surface area (TPSA) is 64.6 Å². The molecule has 0 atom stereocenters. The minimum atomic E-state index is -0.467. The van der Waals surface area contributed by atoms with Crippen molar-refractivity contribution in [3.05, 3.63) is 64.1 Å². The van der Waals surface area contributed by atoms with Gasteiger partial charge in [0.1, 0.15) is 4.32 Å². The largest absolute Gasteiger partial charge is 0.493 e. The zero-order valence-electron chi connectivity index (χ0n) is 14.1. The Balaban J connectivity index is 1.82. The van der Waals surface area contributed by atoms with Crippen LogP contribution in [-0.4, -0.2) is 23.3 Å². The van der Waals surface area contributed by atoms with Gasteiger partial charge in [-0.15, -0.1) is 0 Å². The van der Waals surface area contributed by atoms with Crippen molar-refractivity contribution in [3.63, 3.8) is 0 Å². The molecule has 5 nitrogen and oxygen atoms in total. The summed E-state index contributed by atoms with van der Waals surface area (Å²) in [4.78, 5) is 24.5. The Morgan fingerprint density at radius 2 is 1.88 bits per heavy atom. The molecule has 1 aliphatic rings. The number of thiocarbonyl (C=S) groups is 1. The Kier molecular flexibility index (Phi) is 5.39. The molecule has 0 aromatic heterocycles. The number of rotatable bonds is 4. The molecule has 0 saturated carbocycles. The van der Waals surface area contributed by atoms with Crippen molar-refractivity contribution in [3.8, 4) is 11.5 Å². The number of hydrogen-bond donors (Lipinski definition) is 1. The quantitative estimate of drug-likeness (QED) is 0.375. The molecule has 0 radical (unpaired) electrons. The molecule has 7 heteroatoms. The maximum Gasteiger partial charge on any atom is 0.343 e. The van der Waals surface area contributed by atoms with Gasteiger partial charge in [0.2, 0.25) is 0 Å². The predicted molar refractivity (Wildman–Crippen MR) is 105 cm³/mol. The number of carbonyl (C=O) groups is 2. The van der Waals surface area contributed by atoms with E-state index in [1.807, 2.05) is 19.1 Å². The van der Waals surface area contributed by atoms with E-state index in [-0.39, 0.29) is 5.91 Å². The number of amides is 1. The number of esters is 1. The fourth-order valence-corrected chi connectivity index (χ4v) is 3.32. The van der Waals surface area contributed by atoms with E-state index in [0.717, 1.165) is 11.1 Å². The van der Waals surface area contributed by atoms with E-state index in [0.29, 0.717) is 26.3 Å². The van der Waals surface area contributed by atoms with Crippen molar-refractivity contribution in [2.24, 2.45) is 0 Å². The number of aryl methyl sites for hydroxylation is 1. The molecule has 1 heterocycles. The monoisotopic (exact) mass is 385 g/mol. The highest BCUT2D eigenvalue weighted by Gasteiger charge is 2.22. The van der Waals surface area contributed by atoms with Gasteiger partial charge in [0.25, 0.3) is 5.91 Å². The van der Waals surface area contributed by atoms with Crippen LogP contribution in [0.2, 0.25) is 0 Å². The van der Waals surface area contributed by atoms with E-state index in [1.165, 1.54) is 18.9 Å². The Bertz CT molecular complexity index is 920. The van der Waals surface area contributed by atoms with Crippen LogP contribution in [0.15, 0.2) is 47.4 Å². The second-order valence-electron chi connectivity index (χ2n) is 5.52. The lowest BCUT2D eigenvalue weighted by Crippen LogP contribution is -2.17. The molecule has 26 heavy (non-hydrogen) atoms. The Hall–Kier alpha value is -2.64. The molecule has 1 fully saturated rings. The lowest BCUT2D eigenvalue weighted by molar-refractivity contribution is -0.115. The summed E-state index contributed by atoms with van der Waals surface area (Å²) in [6.45, 7) is 1.95. The molecule has 0 spiro atoms. The zero-order valence-corrected chi connectivity index (χ0v) is 15.7. The predicted octanol–water partition coefficient (Wildman–Crippen LogP) is 3.71. The molecule has 1 N–H and O–H groups in total. The maximum atomic E-state index is 12.3. The molecule has 0 unspecified atom stereocenters. The third kappa shape index (κ3) is 4.12. The summed E-state index contributed by atoms with van der Waals surface area (Å²) in [5.74, 6) is 0.00406. The molecular weight excluding hydrogens is 370 g/mol. The Labute approximate surface area is 160 Å². The highest BCUT2D eigenvalue weighted by Crippen LogP contribution is 2.32. The lowest BCUT2D eigenvalue weighted by atomic mass is 10.1. The van der Waals surface area contributed by atoms with Crippen LogP contribution < -0.4 is 14.8 Å². The van der Waals surface area contributed by atoms with Gasteiger partial charge in [-0.1, -0.05) is 47.7 Å². The van der Waals surface area contributed by atoms with Gasteiger partial charge in [0, 0.05) is 0 Å². The summed E-state index contributed by atoms with van der Waals surface area (Å²) < 4.78 is 11.2. The first-order valence-electron chi connectivity index (χ1n) is 7.68. The van der Waals surface area contributed by atoms with Gasteiger partial charge in [-0.2, -0.15) is 0 Å². The summed E-state index contributed by atoms with van der Waals surface area (Å²) >= 11 is 6.17. The molecule has 0 aliphatic carbocycles. The summed E-state index contributed by atoms with van der Waals surface area (Å²) in [5.41, 5.74) is 2.25. The average molecular weight is 385 g/mol. The fraction of sp³-hybridized carbons (Fsp3) is 0.105. The number of thioether (sulfide) groups is 1. The van der Waals surface area contributed by atoms with Gasteiger partial charge in [-0.3, -0.25) is 4.79 Å². The van der Waals surface area contributed by atoms with Crippen LogP contribution in [0.1, 0.15) is 21.5 Å². The first kappa shape index (κ1) is 18.2. The summed E-state index contributed by atoms with van der Waals surface area (Å²) in [6, 6.07) is 12.2. The summed E-state index contributed by atoms with van der Waals surface area (Å²) in [5, 5.41) is 2.56. The third-order valence-electron chi connectivity index (χ3n) is 3.62. The molecule has 132 valence electrons. The van der Waals surface area contributed by atoms with Crippen molar-refractivity contribution in [2.75, 3.05) is 7.11 Å². The summed E-state index contributed by atoms with van der Waals surface area (Å²) in [7, 11) is 1.49. The normalized spacial score (nSPS) is 15.1. The first-order chi connectivity index (χ1) is 12.5. The SMILES string of the molecule is COc1cc(/C=C2\SC(=S)NC2=O)ccc1OC(=O)c1ccc(C)cc1. The van der Waals surface area contributed by atoms with Crippen LogP contribution in [0.25, 0.3) is 6.08 Å². The molecule has 0 bridgehead atoms. The number of hydrogen-bond acceptors (Lipinski definition) is 6. The molecule has 1 aliphatic heterocycles. The second kappa shape index (κ2) is 7.72. The Morgan fingerprint density at radius 1 is 1.15 bits per heavy atom. The molecule has 3 rings (SSSR count). The van der Waals surface area contributed by atoms with Crippen molar-refractivity contribution in [1.29, 1.82) is 0 Å². The maximum absolute atomic E-state index is 12.3. The van der Waals surface area contributed by atoms with E-state index < -0.39 is 5.97 Å². The smallest absolute Gasteiger partial charge is 0.343 e. The first-order valence-corrected chi connectivity index (χ1v) is 8.90. The number of nitrogens with one attached hydrogen (secondary N) is 1. The number of carbonyl (C=O) groups excluding carboxylic acids is 2. The van der Waals surface area contributed by atoms with Crippen LogP contribution in [0.5, 0.6) is 11.5 Å². The number of benzene rings is 2. The van der Waals surface area contributed by atoms with Crippen LogP contribution in [0, 0.1) is 6.92 Å². The molecule has 1 amide bonds. The zero-order chi connectivity index (χ0) is 18.7. The lowest BCUT2D eigenvalue weighted by Gasteiger charge is -2.10. The van der Waals surface area contributed by atoms with Crippen molar-refractivity contribution in [2.45, 2.75) is 6.92 Å². The molecule has 1 saturated heterocycles. The number of ether oxygens (including phenoxy) is 2. The van der Waals surface area contributed by atoms with Crippen LogP contribution in [0.4, 0.5) is 0 Å². The second-order valence-corrected chi connectivity index (χ2v) is 7.24. The van der Waals surface area contributed by atoms with Gasteiger partial charge in [-0.25, -0.2) is 4.79 Å². The molecule has 2 aromatic carbocycles. The minimum Gasteiger partial charge on any atom is -0.493 e.